The number of imidazole rings is 2. The highest BCUT2D eigenvalue weighted by atomic mass is 16.5. The SMILES string of the molecule is COCCn1ccnc1[C@H]1CCCN(Cc2cn3cc(C)ccc3n2)C1. The van der Waals surface area contributed by atoms with Gasteiger partial charge in [-0.1, -0.05) is 6.07 Å². The molecule has 0 aliphatic carbocycles. The standard InChI is InChI=1S/C20H27N5O/c1-16-5-6-19-22-18(15-25(19)12-16)14-23-8-3-4-17(13-23)20-21-7-9-24(20)10-11-26-2/h5-7,9,12,15,17H,3-4,8,10-11,13-14H2,1-2H3/t17-/m0/s1. The van der Waals surface area contributed by atoms with E-state index in [1.807, 2.05) is 6.20 Å². The van der Waals surface area contributed by atoms with Crippen LogP contribution in [0.4, 0.5) is 0 Å². The highest BCUT2D eigenvalue weighted by Gasteiger charge is 2.25. The molecule has 0 radical (unpaired) electrons. The van der Waals surface area contributed by atoms with E-state index in [0.29, 0.717) is 5.92 Å². The van der Waals surface area contributed by atoms with Crippen LogP contribution in [0, 0.1) is 6.92 Å². The molecule has 4 heterocycles. The van der Waals surface area contributed by atoms with Gasteiger partial charge in [-0.05, 0) is 37.9 Å². The van der Waals surface area contributed by atoms with E-state index < -0.39 is 0 Å². The van der Waals surface area contributed by atoms with Gasteiger partial charge in [0.15, 0.2) is 0 Å². The molecular formula is C20H27N5O. The maximum atomic E-state index is 5.23. The van der Waals surface area contributed by atoms with E-state index in [-0.39, 0.29) is 0 Å². The Morgan fingerprint density at radius 2 is 2.19 bits per heavy atom. The quantitative estimate of drug-likeness (QED) is 0.684. The molecule has 3 aromatic rings. The second kappa shape index (κ2) is 7.60. The molecule has 6 heteroatoms. The van der Waals surface area contributed by atoms with Gasteiger partial charge in [-0.3, -0.25) is 4.90 Å². The van der Waals surface area contributed by atoms with E-state index in [0.717, 1.165) is 44.1 Å². The lowest BCUT2D eigenvalue weighted by atomic mass is 9.97. The molecule has 26 heavy (non-hydrogen) atoms. The zero-order chi connectivity index (χ0) is 17.9. The van der Waals surface area contributed by atoms with Gasteiger partial charge in [-0.2, -0.15) is 0 Å². The Bertz CT molecular complexity index is 868. The van der Waals surface area contributed by atoms with E-state index in [4.69, 9.17) is 9.72 Å². The molecule has 0 bridgehead atoms. The van der Waals surface area contributed by atoms with Crippen molar-refractivity contribution in [2.45, 2.75) is 38.8 Å². The van der Waals surface area contributed by atoms with Gasteiger partial charge in [0, 0.05) is 57.4 Å². The summed E-state index contributed by atoms with van der Waals surface area (Å²) < 4.78 is 9.60. The summed E-state index contributed by atoms with van der Waals surface area (Å²) in [7, 11) is 1.75. The fourth-order valence-electron chi connectivity index (χ4n) is 3.93. The number of hydrogen-bond donors (Lipinski definition) is 0. The average molecular weight is 353 g/mol. The average Bonchev–Trinajstić information content (AvgIpc) is 3.26. The zero-order valence-electron chi connectivity index (χ0n) is 15.6. The largest absolute Gasteiger partial charge is 0.383 e. The lowest BCUT2D eigenvalue weighted by Crippen LogP contribution is -2.35. The molecule has 0 spiro atoms. The normalized spacial score (nSPS) is 18.6. The number of piperidine rings is 1. The molecule has 6 nitrogen and oxygen atoms in total. The second-order valence-electron chi connectivity index (χ2n) is 7.25. The number of methoxy groups -OCH3 is 1. The third-order valence-electron chi connectivity index (χ3n) is 5.19. The molecule has 138 valence electrons. The molecule has 0 aromatic carbocycles. The van der Waals surface area contributed by atoms with Gasteiger partial charge >= 0.3 is 0 Å². The van der Waals surface area contributed by atoms with Crippen LogP contribution in [0.25, 0.3) is 5.65 Å². The monoisotopic (exact) mass is 353 g/mol. The summed E-state index contributed by atoms with van der Waals surface area (Å²) in [6.45, 7) is 6.77. The maximum absolute atomic E-state index is 5.23. The predicted molar refractivity (Wildman–Crippen MR) is 101 cm³/mol. The van der Waals surface area contributed by atoms with Gasteiger partial charge in [0.05, 0.1) is 12.3 Å². The number of rotatable bonds is 6. The lowest BCUT2D eigenvalue weighted by molar-refractivity contribution is 0.177. The van der Waals surface area contributed by atoms with Crippen molar-refractivity contribution in [3.63, 3.8) is 0 Å². The van der Waals surface area contributed by atoms with E-state index in [2.05, 4.69) is 56.5 Å². The molecule has 0 unspecified atom stereocenters. The molecule has 0 N–H and O–H groups in total. The highest BCUT2D eigenvalue weighted by Crippen LogP contribution is 2.26. The Morgan fingerprint density at radius 1 is 1.27 bits per heavy atom. The van der Waals surface area contributed by atoms with Crippen LogP contribution in [-0.4, -0.2) is 50.6 Å². The number of likely N-dealkylation sites (tertiary alicyclic amines) is 1. The zero-order valence-corrected chi connectivity index (χ0v) is 15.6. The van der Waals surface area contributed by atoms with E-state index in [9.17, 15) is 0 Å². The van der Waals surface area contributed by atoms with E-state index in [1.54, 1.807) is 7.11 Å². The van der Waals surface area contributed by atoms with Gasteiger partial charge in [0.2, 0.25) is 0 Å². The molecule has 3 aromatic heterocycles. The van der Waals surface area contributed by atoms with Crippen molar-refractivity contribution < 1.29 is 4.74 Å². The first-order valence-electron chi connectivity index (χ1n) is 9.39. The summed E-state index contributed by atoms with van der Waals surface area (Å²) >= 11 is 0. The van der Waals surface area contributed by atoms with Crippen molar-refractivity contribution in [3.8, 4) is 0 Å². The first-order valence-corrected chi connectivity index (χ1v) is 9.39. The fourth-order valence-corrected chi connectivity index (χ4v) is 3.93. The Morgan fingerprint density at radius 3 is 3.08 bits per heavy atom. The number of hydrogen-bond acceptors (Lipinski definition) is 4. The van der Waals surface area contributed by atoms with Gasteiger partial charge in [0.1, 0.15) is 11.5 Å². The molecule has 1 aliphatic rings. The second-order valence-corrected chi connectivity index (χ2v) is 7.25. The minimum Gasteiger partial charge on any atom is -0.383 e. The summed E-state index contributed by atoms with van der Waals surface area (Å²) in [6.07, 6.45) is 10.7. The predicted octanol–water partition coefficient (Wildman–Crippen LogP) is 2.87. The Balaban J connectivity index is 1.45. The summed E-state index contributed by atoms with van der Waals surface area (Å²) in [5, 5.41) is 0. The third-order valence-corrected chi connectivity index (χ3v) is 5.19. The third kappa shape index (κ3) is 3.66. The van der Waals surface area contributed by atoms with Crippen molar-refractivity contribution in [2.24, 2.45) is 0 Å². The minimum atomic E-state index is 0.481. The van der Waals surface area contributed by atoms with Crippen LogP contribution in [-0.2, 0) is 17.8 Å². The highest BCUT2D eigenvalue weighted by molar-refractivity contribution is 5.41. The van der Waals surface area contributed by atoms with Crippen LogP contribution in [0.1, 0.15) is 35.8 Å². The molecule has 0 amide bonds. The Kier molecular flexibility index (Phi) is 5.04. The van der Waals surface area contributed by atoms with Crippen LogP contribution < -0.4 is 0 Å². The van der Waals surface area contributed by atoms with Gasteiger partial charge in [-0.25, -0.2) is 9.97 Å². The molecule has 1 saturated heterocycles. The minimum absolute atomic E-state index is 0.481. The van der Waals surface area contributed by atoms with Crippen molar-refractivity contribution in [1.82, 2.24) is 23.8 Å². The van der Waals surface area contributed by atoms with E-state index in [1.165, 1.54) is 24.2 Å². The number of nitrogens with zero attached hydrogens (tertiary/aromatic N) is 5. The Labute approximate surface area is 154 Å². The maximum Gasteiger partial charge on any atom is 0.137 e. The van der Waals surface area contributed by atoms with Crippen LogP contribution >= 0.6 is 0 Å². The summed E-state index contributed by atoms with van der Waals surface area (Å²) in [5.74, 6) is 1.67. The van der Waals surface area contributed by atoms with Gasteiger partial charge in [-0.15, -0.1) is 0 Å². The summed E-state index contributed by atoms with van der Waals surface area (Å²) in [4.78, 5) is 11.9. The summed E-state index contributed by atoms with van der Waals surface area (Å²) in [5.41, 5.74) is 3.41. The fraction of sp³-hybridized carbons (Fsp3) is 0.500. The first kappa shape index (κ1) is 17.2. The van der Waals surface area contributed by atoms with Gasteiger partial charge < -0.3 is 13.7 Å². The van der Waals surface area contributed by atoms with E-state index >= 15 is 0 Å². The number of aryl methyl sites for hydroxylation is 1. The lowest BCUT2D eigenvalue weighted by Gasteiger charge is -2.32. The topological polar surface area (TPSA) is 47.6 Å². The molecule has 1 atom stereocenters. The first-order chi connectivity index (χ1) is 12.7. The number of pyridine rings is 1. The molecule has 4 rings (SSSR count). The van der Waals surface area contributed by atoms with Gasteiger partial charge in [0.25, 0.3) is 0 Å². The molecule has 1 aliphatic heterocycles. The number of ether oxygens (including phenoxy) is 1. The van der Waals surface area contributed by atoms with Crippen molar-refractivity contribution in [1.29, 1.82) is 0 Å². The van der Waals surface area contributed by atoms with Crippen LogP contribution in [0.5, 0.6) is 0 Å². The van der Waals surface area contributed by atoms with Crippen molar-refractivity contribution in [2.75, 3.05) is 26.8 Å². The smallest absolute Gasteiger partial charge is 0.137 e. The van der Waals surface area contributed by atoms with Crippen molar-refractivity contribution in [3.05, 3.63) is 54.0 Å². The van der Waals surface area contributed by atoms with Crippen LogP contribution in [0.15, 0.2) is 36.9 Å². The summed E-state index contributed by atoms with van der Waals surface area (Å²) in [6, 6.07) is 4.20. The number of fused-ring (bicyclic) bond motifs is 1. The molecular weight excluding hydrogens is 326 g/mol. The van der Waals surface area contributed by atoms with Crippen LogP contribution in [0.3, 0.4) is 0 Å². The van der Waals surface area contributed by atoms with Crippen molar-refractivity contribution >= 4 is 5.65 Å². The van der Waals surface area contributed by atoms with Crippen LogP contribution in [0.2, 0.25) is 0 Å². The molecule has 0 saturated carbocycles. The molecule has 1 fully saturated rings. The Hall–Kier alpha value is -2.18. The number of aromatic nitrogens is 4.